The molecule has 0 unspecified atom stereocenters. The van der Waals surface area contributed by atoms with Gasteiger partial charge in [0.2, 0.25) is 15.7 Å². The van der Waals surface area contributed by atoms with Gasteiger partial charge in [-0.05, 0) is 44.2 Å². The molecule has 0 spiro atoms. The van der Waals surface area contributed by atoms with Crippen LogP contribution < -0.4 is 16.0 Å². The Morgan fingerprint density at radius 3 is 2.28 bits per heavy atom. The molecule has 2 aromatic carbocycles. The summed E-state index contributed by atoms with van der Waals surface area (Å²) < 4.78 is 66.5. The van der Waals surface area contributed by atoms with Crippen LogP contribution in [0.2, 0.25) is 0 Å². The van der Waals surface area contributed by atoms with Crippen LogP contribution in [0.15, 0.2) is 46.2 Å². The number of carbonyl (C=O) groups is 1. The van der Waals surface area contributed by atoms with Crippen LogP contribution in [0.3, 0.4) is 0 Å². The lowest BCUT2D eigenvalue weighted by Gasteiger charge is -2.26. The molecule has 2 aromatic rings. The number of nitrogens with zero attached hydrogens (tertiary/aromatic N) is 1. The fourth-order valence-electron chi connectivity index (χ4n) is 2.97. The number of halogens is 3. The molecule has 0 aliphatic carbocycles. The third kappa shape index (κ3) is 4.64. The van der Waals surface area contributed by atoms with E-state index in [4.69, 9.17) is 5.73 Å². The second-order valence-corrected chi connectivity index (χ2v) is 8.14. The summed E-state index contributed by atoms with van der Waals surface area (Å²) in [6, 6.07) is 6.96. The molecule has 0 aliphatic heterocycles. The number of rotatable bonds is 6. The van der Waals surface area contributed by atoms with Gasteiger partial charge in [-0.1, -0.05) is 6.07 Å². The fourth-order valence-corrected chi connectivity index (χ4v) is 4.61. The van der Waals surface area contributed by atoms with Crippen molar-refractivity contribution in [3.63, 3.8) is 0 Å². The quantitative estimate of drug-likeness (QED) is 0.679. The summed E-state index contributed by atoms with van der Waals surface area (Å²) in [5.41, 5.74) is 3.86. The van der Waals surface area contributed by atoms with Crippen LogP contribution in [-0.2, 0) is 20.8 Å². The van der Waals surface area contributed by atoms with Crippen LogP contribution in [0.5, 0.6) is 0 Å². The molecule has 158 valence electrons. The van der Waals surface area contributed by atoms with E-state index in [9.17, 15) is 26.4 Å². The second-order valence-electron chi connectivity index (χ2n) is 6.26. The zero-order valence-electron chi connectivity index (χ0n) is 16.2. The maximum absolute atomic E-state index is 13.4. The summed E-state index contributed by atoms with van der Waals surface area (Å²) in [4.78, 5) is 12.5. The third-order valence-electron chi connectivity index (χ3n) is 4.32. The molecule has 0 bridgehead atoms. The normalized spacial score (nSPS) is 11.9. The first-order valence-corrected chi connectivity index (χ1v) is 10.3. The van der Waals surface area contributed by atoms with E-state index < -0.39 is 38.1 Å². The van der Waals surface area contributed by atoms with Crippen LogP contribution in [0.1, 0.15) is 26.3 Å². The van der Waals surface area contributed by atoms with Gasteiger partial charge in [-0.3, -0.25) is 4.79 Å². The average molecular weight is 429 g/mol. The van der Waals surface area contributed by atoms with Gasteiger partial charge < -0.3 is 16.0 Å². The van der Waals surface area contributed by atoms with E-state index in [0.717, 1.165) is 12.1 Å². The summed E-state index contributed by atoms with van der Waals surface area (Å²) >= 11 is 0. The molecule has 0 heterocycles. The van der Waals surface area contributed by atoms with Crippen molar-refractivity contribution in [2.75, 3.05) is 29.0 Å². The number of nitrogens with two attached hydrogens (primary N) is 1. The highest BCUT2D eigenvalue weighted by atomic mass is 32.2. The number of amides is 1. The number of anilines is 3. The highest BCUT2D eigenvalue weighted by Gasteiger charge is 2.35. The summed E-state index contributed by atoms with van der Waals surface area (Å²) in [5.74, 6) is -0.508. The molecule has 0 radical (unpaired) electrons. The third-order valence-corrected chi connectivity index (χ3v) is 6.16. The van der Waals surface area contributed by atoms with E-state index in [0.29, 0.717) is 19.2 Å². The molecular weight excluding hydrogens is 407 g/mol. The van der Waals surface area contributed by atoms with Gasteiger partial charge in [0.05, 0.1) is 21.8 Å². The van der Waals surface area contributed by atoms with E-state index in [1.54, 1.807) is 17.0 Å². The van der Waals surface area contributed by atoms with Gasteiger partial charge in [0.15, 0.2) is 0 Å². The Hall–Kier alpha value is -2.75. The number of sulfone groups is 1. The summed E-state index contributed by atoms with van der Waals surface area (Å²) in [5, 5.41) is 2.46. The maximum atomic E-state index is 13.4. The Labute approximate surface area is 167 Å². The van der Waals surface area contributed by atoms with Crippen LogP contribution in [0.4, 0.5) is 30.2 Å². The van der Waals surface area contributed by atoms with E-state index in [1.807, 2.05) is 13.8 Å². The minimum atomic E-state index is -4.81. The molecule has 29 heavy (non-hydrogen) atoms. The predicted molar refractivity (Wildman–Crippen MR) is 106 cm³/mol. The number of benzene rings is 2. The average Bonchev–Trinajstić information content (AvgIpc) is 2.61. The van der Waals surface area contributed by atoms with Crippen LogP contribution in [-0.4, -0.2) is 27.4 Å². The smallest absolute Gasteiger partial charge is 0.398 e. The van der Waals surface area contributed by atoms with Gasteiger partial charge >= 0.3 is 6.18 Å². The number of alkyl halides is 3. The van der Waals surface area contributed by atoms with Crippen molar-refractivity contribution in [2.45, 2.75) is 36.7 Å². The zero-order chi connectivity index (χ0) is 22.0. The van der Waals surface area contributed by atoms with Gasteiger partial charge in [0.25, 0.3) is 0 Å². The molecule has 0 aliphatic rings. The number of nitrogen functional groups attached to an aromatic ring is 1. The lowest BCUT2D eigenvalue weighted by atomic mass is 10.2. The summed E-state index contributed by atoms with van der Waals surface area (Å²) in [6.45, 7) is 5.76. The van der Waals surface area contributed by atoms with Gasteiger partial charge in [-0.25, -0.2) is 8.42 Å². The molecule has 0 saturated carbocycles. The summed E-state index contributed by atoms with van der Waals surface area (Å²) in [7, 11) is -4.42. The molecule has 6 nitrogen and oxygen atoms in total. The minimum absolute atomic E-state index is 0.00714. The van der Waals surface area contributed by atoms with E-state index in [1.165, 1.54) is 13.0 Å². The molecular formula is C19H22F3N3O3S. The van der Waals surface area contributed by atoms with Crippen molar-refractivity contribution in [3.8, 4) is 0 Å². The Kier molecular flexibility index (Phi) is 6.46. The molecule has 10 heteroatoms. The molecule has 0 atom stereocenters. The zero-order valence-corrected chi connectivity index (χ0v) is 17.0. The Balaban J connectivity index is 2.82. The number of carbonyl (C=O) groups excluding carboxylic acids is 1. The first-order valence-electron chi connectivity index (χ1n) is 8.80. The molecule has 0 aromatic heterocycles. The van der Waals surface area contributed by atoms with Crippen molar-refractivity contribution in [2.24, 2.45) is 0 Å². The monoisotopic (exact) mass is 429 g/mol. The van der Waals surface area contributed by atoms with Crippen molar-refractivity contribution in [1.29, 1.82) is 0 Å². The van der Waals surface area contributed by atoms with Crippen molar-refractivity contribution < 1.29 is 26.4 Å². The van der Waals surface area contributed by atoms with E-state index in [2.05, 4.69) is 5.32 Å². The first-order chi connectivity index (χ1) is 13.4. The Bertz CT molecular complexity index is 1020. The highest BCUT2D eigenvalue weighted by molar-refractivity contribution is 7.91. The minimum Gasteiger partial charge on any atom is -0.398 e. The molecule has 3 N–H and O–H groups in total. The summed E-state index contributed by atoms with van der Waals surface area (Å²) in [6.07, 6.45) is -4.81. The largest absolute Gasteiger partial charge is 0.418 e. The van der Waals surface area contributed by atoms with Gasteiger partial charge in [-0.2, -0.15) is 13.2 Å². The topological polar surface area (TPSA) is 92.5 Å². The van der Waals surface area contributed by atoms with Crippen LogP contribution in [0.25, 0.3) is 0 Å². The lowest BCUT2D eigenvalue weighted by molar-refractivity contribution is -0.137. The number of hydrogen-bond acceptors (Lipinski definition) is 5. The van der Waals surface area contributed by atoms with Crippen molar-refractivity contribution >= 4 is 32.8 Å². The predicted octanol–water partition coefficient (Wildman–Crippen LogP) is 3.93. The van der Waals surface area contributed by atoms with Crippen LogP contribution >= 0.6 is 0 Å². The highest BCUT2D eigenvalue weighted by Crippen LogP contribution is 2.40. The molecule has 0 fully saturated rings. The van der Waals surface area contributed by atoms with Crippen LogP contribution in [0, 0.1) is 0 Å². The number of nitrogens with one attached hydrogen (secondary N) is 1. The Morgan fingerprint density at radius 2 is 1.76 bits per heavy atom. The molecule has 0 saturated heterocycles. The Morgan fingerprint density at radius 1 is 1.14 bits per heavy atom. The lowest BCUT2D eigenvalue weighted by Crippen LogP contribution is -2.25. The first kappa shape index (κ1) is 22.5. The number of hydrogen-bond donors (Lipinski definition) is 2. The van der Waals surface area contributed by atoms with Gasteiger partial charge in [0, 0.05) is 25.7 Å². The second kappa shape index (κ2) is 8.32. The van der Waals surface area contributed by atoms with Gasteiger partial charge in [0.1, 0.15) is 4.90 Å². The van der Waals surface area contributed by atoms with E-state index in [-0.39, 0.29) is 16.3 Å². The molecule has 1 amide bonds. The van der Waals surface area contributed by atoms with Gasteiger partial charge in [-0.15, -0.1) is 0 Å². The SMILES string of the molecule is CCN(CC)c1cccc(NC(C)=O)c1S(=O)(=O)c1ccc(N)c(C(F)(F)F)c1. The van der Waals surface area contributed by atoms with E-state index >= 15 is 0 Å². The maximum Gasteiger partial charge on any atom is 0.418 e. The van der Waals surface area contributed by atoms with Crippen molar-refractivity contribution in [1.82, 2.24) is 0 Å². The standard InChI is InChI=1S/C19H22F3N3O3S/c1-4-25(5-2)17-8-6-7-16(24-12(3)26)18(17)29(27,28)13-9-10-15(23)14(11-13)19(20,21)22/h6-11H,4-5,23H2,1-3H3,(H,24,26). The van der Waals surface area contributed by atoms with Crippen molar-refractivity contribution in [3.05, 3.63) is 42.0 Å². The fraction of sp³-hybridized carbons (Fsp3) is 0.316. The molecule has 2 rings (SSSR count).